The minimum Gasteiger partial charge on any atom is -0.324 e. The van der Waals surface area contributed by atoms with Gasteiger partial charge in [-0.3, -0.25) is 0 Å². The predicted molar refractivity (Wildman–Crippen MR) is 90.8 cm³/mol. The van der Waals surface area contributed by atoms with Gasteiger partial charge < -0.3 is 15.5 Å². The van der Waals surface area contributed by atoms with Crippen molar-refractivity contribution in [3.63, 3.8) is 0 Å². The molecule has 1 aromatic carbocycles. The molecule has 0 bridgehead atoms. The zero-order chi connectivity index (χ0) is 15.6. The van der Waals surface area contributed by atoms with Gasteiger partial charge in [0, 0.05) is 18.1 Å². The van der Waals surface area contributed by atoms with Gasteiger partial charge in [-0.25, -0.2) is 4.79 Å². The SMILES string of the molecule is O=C(Nc1cc(Cl)ccc1Cl)N1CCC2(CCNCC2)CC1. The van der Waals surface area contributed by atoms with Crippen LogP contribution in [0, 0.1) is 5.41 Å². The predicted octanol–water partition coefficient (Wildman–Crippen LogP) is 3.99. The number of hydrogen-bond donors (Lipinski definition) is 2. The summed E-state index contributed by atoms with van der Waals surface area (Å²) in [6.45, 7) is 3.82. The Morgan fingerprint density at radius 3 is 2.50 bits per heavy atom. The third-order valence-electron chi connectivity index (χ3n) is 4.95. The van der Waals surface area contributed by atoms with Crippen molar-refractivity contribution in [2.45, 2.75) is 25.7 Å². The van der Waals surface area contributed by atoms with Crippen molar-refractivity contribution in [1.29, 1.82) is 0 Å². The Labute approximate surface area is 141 Å². The Morgan fingerprint density at radius 2 is 1.82 bits per heavy atom. The van der Waals surface area contributed by atoms with Crippen molar-refractivity contribution in [3.05, 3.63) is 28.2 Å². The van der Waals surface area contributed by atoms with E-state index in [-0.39, 0.29) is 6.03 Å². The lowest BCUT2D eigenvalue weighted by atomic mass is 9.72. The molecule has 2 aliphatic rings. The third-order valence-corrected chi connectivity index (χ3v) is 5.51. The highest BCUT2D eigenvalue weighted by atomic mass is 35.5. The van der Waals surface area contributed by atoms with Gasteiger partial charge in [0.05, 0.1) is 10.7 Å². The molecule has 0 aromatic heterocycles. The second-order valence-corrected chi connectivity index (χ2v) is 7.14. The lowest BCUT2D eigenvalue weighted by molar-refractivity contribution is 0.0915. The first-order valence-corrected chi connectivity index (χ1v) is 8.55. The molecule has 3 rings (SSSR count). The van der Waals surface area contributed by atoms with Crippen LogP contribution in [0.25, 0.3) is 0 Å². The number of amides is 2. The topological polar surface area (TPSA) is 44.4 Å². The zero-order valence-electron chi connectivity index (χ0n) is 12.5. The van der Waals surface area contributed by atoms with E-state index in [2.05, 4.69) is 10.6 Å². The Kier molecular flexibility index (Phi) is 4.81. The van der Waals surface area contributed by atoms with Crippen LogP contribution in [0.5, 0.6) is 0 Å². The summed E-state index contributed by atoms with van der Waals surface area (Å²) in [5.74, 6) is 0. The molecule has 2 saturated heterocycles. The fourth-order valence-corrected chi connectivity index (χ4v) is 3.77. The Hall–Kier alpha value is -0.970. The van der Waals surface area contributed by atoms with Gasteiger partial charge in [0.1, 0.15) is 0 Å². The number of carbonyl (C=O) groups excluding carboxylic acids is 1. The van der Waals surface area contributed by atoms with Crippen molar-refractivity contribution in [2.75, 3.05) is 31.5 Å². The van der Waals surface area contributed by atoms with Crippen molar-refractivity contribution >= 4 is 34.9 Å². The summed E-state index contributed by atoms with van der Waals surface area (Å²) in [7, 11) is 0. The van der Waals surface area contributed by atoms with Crippen LogP contribution in [0.1, 0.15) is 25.7 Å². The number of likely N-dealkylation sites (tertiary alicyclic amines) is 1. The van der Waals surface area contributed by atoms with Crippen LogP contribution in [0.4, 0.5) is 10.5 Å². The van der Waals surface area contributed by atoms with E-state index < -0.39 is 0 Å². The highest BCUT2D eigenvalue weighted by molar-refractivity contribution is 6.35. The largest absolute Gasteiger partial charge is 0.324 e. The number of carbonyl (C=O) groups is 1. The summed E-state index contributed by atoms with van der Waals surface area (Å²) in [6.07, 6.45) is 4.63. The standard InChI is InChI=1S/C16H21Cl2N3O/c17-12-1-2-13(18)14(11-12)20-15(22)21-9-5-16(6-10-21)3-7-19-8-4-16/h1-2,11,19H,3-10H2,(H,20,22). The van der Waals surface area contributed by atoms with Crippen LogP contribution < -0.4 is 10.6 Å². The molecule has 2 heterocycles. The van der Waals surface area contributed by atoms with Gasteiger partial charge >= 0.3 is 6.03 Å². The van der Waals surface area contributed by atoms with E-state index in [0.717, 1.165) is 39.0 Å². The van der Waals surface area contributed by atoms with E-state index in [1.165, 1.54) is 12.8 Å². The molecule has 0 atom stereocenters. The molecule has 0 radical (unpaired) electrons. The molecular weight excluding hydrogens is 321 g/mol. The van der Waals surface area contributed by atoms with E-state index >= 15 is 0 Å². The summed E-state index contributed by atoms with van der Waals surface area (Å²) in [5.41, 5.74) is 1.01. The van der Waals surface area contributed by atoms with E-state index in [9.17, 15) is 4.79 Å². The minimum atomic E-state index is -0.0899. The van der Waals surface area contributed by atoms with E-state index in [1.54, 1.807) is 18.2 Å². The second-order valence-electron chi connectivity index (χ2n) is 6.29. The first-order valence-electron chi connectivity index (χ1n) is 7.80. The second kappa shape index (κ2) is 6.65. The number of nitrogens with zero attached hydrogens (tertiary/aromatic N) is 1. The van der Waals surface area contributed by atoms with Crippen LogP contribution in [0.15, 0.2) is 18.2 Å². The maximum absolute atomic E-state index is 12.4. The van der Waals surface area contributed by atoms with Gasteiger partial charge in [-0.05, 0) is 62.4 Å². The first-order chi connectivity index (χ1) is 10.6. The smallest absolute Gasteiger partial charge is 0.321 e. The fraction of sp³-hybridized carbons (Fsp3) is 0.562. The van der Waals surface area contributed by atoms with Crippen LogP contribution >= 0.6 is 23.2 Å². The van der Waals surface area contributed by atoms with E-state index in [0.29, 0.717) is 21.1 Å². The molecule has 6 heteroatoms. The molecule has 1 spiro atoms. The molecule has 0 aliphatic carbocycles. The van der Waals surface area contributed by atoms with Gasteiger partial charge in [-0.15, -0.1) is 0 Å². The van der Waals surface area contributed by atoms with Gasteiger partial charge in [0.25, 0.3) is 0 Å². The van der Waals surface area contributed by atoms with Gasteiger partial charge in [-0.1, -0.05) is 23.2 Å². The highest BCUT2D eigenvalue weighted by Crippen LogP contribution is 2.39. The summed E-state index contributed by atoms with van der Waals surface area (Å²) in [5, 5.41) is 7.35. The monoisotopic (exact) mass is 341 g/mol. The third kappa shape index (κ3) is 3.50. The molecule has 1 aromatic rings. The molecule has 120 valence electrons. The van der Waals surface area contributed by atoms with Crippen LogP contribution in [-0.4, -0.2) is 37.1 Å². The quantitative estimate of drug-likeness (QED) is 0.810. The number of anilines is 1. The Morgan fingerprint density at radius 1 is 1.14 bits per heavy atom. The molecule has 0 saturated carbocycles. The average molecular weight is 342 g/mol. The van der Waals surface area contributed by atoms with Crippen molar-refractivity contribution < 1.29 is 4.79 Å². The highest BCUT2D eigenvalue weighted by Gasteiger charge is 2.36. The number of benzene rings is 1. The van der Waals surface area contributed by atoms with Crippen LogP contribution in [-0.2, 0) is 0 Å². The fourth-order valence-electron chi connectivity index (χ4n) is 3.43. The molecule has 2 aliphatic heterocycles. The van der Waals surface area contributed by atoms with Crippen molar-refractivity contribution in [1.82, 2.24) is 10.2 Å². The molecular formula is C16H21Cl2N3O. The summed E-state index contributed by atoms with van der Waals surface area (Å²) in [6, 6.07) is 4.99. The van der Waals surface area contributed by atoms with Crippen molar-refractivity contribution in [2.24, 2.45) is 5.41 Å². The summed E-state index contributed by atoms with van der Waals surface area (Å²) < 4.78 is 0. The molecule has 2 fully saturated rings. The van der Waals surface area contributed by atoms with Gasteiger partial charge in [0.2, 0.25) is 0 Å². The number of nitrogens with one attached hydrogen (secondary N) is 2. The Balaban J connectivity index is 1.59. The van der Waals surface area contributed by atoms with E-state index in [4.69, 9.17) is 23.2 Å². The number of rotatable bonds is 1. The lowest BCUT2D eigenvalue weighted by Crippen LogP contribution is -2.48. The minimum absolute atomic E-state index is 0.0899. The Bertz CT molecular complexity index is 548. The molecule has 4 nitrogen and oxygen atoms in total. The normalized spacial score (nSPS) is 20.9. The number of piperidine rings is 2. The maximum Gasteiger partial charge on any atom is 0.321 e. The van der Waals surface area contributed by atoms with Gasteiger partial charge in [-0.2, -0.15) is 0 Å². The van der Waals surface area contributed by atoms with Crippen LogP contribution in [0.2, 0.25) is 10.0 Å². The average Bonchev–Trinajstić information content (AvgIpc) is 2.52. The summed E-state index contributed by atoms with van der Waals surface area (Å²) >= 11 is 12.1. The zero-order valence-corrected chi connectivity index (χ0v) is 14.0. The molecule has 2 amide bonds. The molecule has 0 unspecified atom stereocenters. The number of halogens is 2. The first kappa shape index (κ1) is 15.9. The van der Waals surface area contributed by atoms with Crippen molar-refractivity contribution in [3.8, 4) is 0 Å². The number of urea groups is 1. The van der Waals surface area contributed by atoms with Crippen LogP contribution in [0.3, 0.4) is 0 Å². The molecule has 2 N–H and O–H groups in total. The lowest BCUT2D eigenvalue weighted by Gasteiger charge is -2.44. The summed E-state index contributed by atoms with van der Waals surface area (Å²) in [4.78, 5) is 14.3. The van der Waals surface area contributed by atoms with Gasteiger partial charge in [0.15, 0.2) is 0 Å². The van der Waals surface area contributed by atoms with E-state index in [1.807, 2.05) is 4.90 Å². The maximum atomic E-state index is 12.4. The molecule has 22 heavy (non-hydrogen) atoms. The number of hydrogen-bond acceptors (Lipinski definition) is 2.